The number of nitrogens with one attached hydrogen (secondary N) is 2. The average molecular weight is 240 g/mol. The number of hydrogen-bond acceptors (Lipinski definition) is 3. The topological polar surface area (TPSA) is 50.4 Å². The number of ether oxygens (including phenoxy) is 1. The molecule has 4 heteroatoms. The third kappa shape index (κ3) is 3.68. The molecule has 2 N–H and O–H groups in total. The van der Waals surface area contributed by atoms with Gasteiger partial charge >= 0.3 is 0 Å². The van der Waals surface area contributed by atoms with Crippen LogP contribution in [0, 0.1) is 0 Å². The predicted molar refractivity (Wildman–Crippen MR) is 66.8 cm³/mol. The van der Waals surface area contributed by atoms with Gasteiger partial charge in [-0.15, -0.1) is 0 Å². The van der Waals surface area contributed by atoms with E-state index >= 15 is 0 Å². The fraction of sp³-hybridized carbons (Fsp3) is 0.923. The molecule has 98 valence electrons. The summed E-state index contributed by atoms with van der Waals surface area (Å²) in [5, 5.41) is 6.42. The lowest BCUT2D eigenvalue weighted by atomic mass is 10.1. The Morgan fingerprint density at radius 1 is 1.29 bits per heavy atom. The Labute approximate surface area is 103 Å². The molecule has 17 heavy (non-hydrogen) atoms. The first-order valence-corrected chi connectivity index (χ1v) is 6.93. The van der Waals surface area contributed by atoms with Crippen LogP contribution in [0.5, 0.6) is 0 Å². The summed E-state index contributed by atoms with van der Waals surface area (Å²) < 4.78 is 5.59. The minimum atomic E-state index is 0.00125. The number of rotatable bonds is 3. The largest absolute Gasteiger partial charge is 0.376 e. The van der Waals surface area contributed by atoms with Crippen LogP contribution >= 0.6 is 0 Å². The highest BCUT2D eigenvalue weighted by Crippen LogP contribution is 2.16. The molecule has 3 atom stereocenters. The van der Waals surface area contributed by atoms with Crippen LogP contribution in [0.15, 0.2) is 0 Å². The molecule has 4 nitrogen and oxygen atoms in total. The first-order valence-electron chi connectivity index (χ1n) is 6.93. The SMILES string of the molecule is CC(NC(=O)C1CCCCCN1)C1CCCO1. The molecule has 0 spiro atoms. The summed E-state index contributed by atoms with van der Waals surface area (Å²) in [5.41, 5.74) is 0. The Morgan fingerprint density at radius 2 is 2.18 bits per heavy atom. The minimum Gasteiger partial charge on any atom is -0.376 e. The Hall–Kier alpha value is -0.610. The second-order valence-electron chi connectivity index (χ2n) is 5.20. The van der Waals surface area contributed by atoms with Crippen molar-refractivity contribution in [3.8, 4) is 0 Å². The average Bonchev–Trinajstić information content (AvgIpc) is 2.71. The zero-order valence-electron chi connectivity index (χ0n) is 10.7. The Bertz CT molecular complexity index is 244. The van der Waals surface area contributed by atoms with E-state index in [9.17, 15) is 4.79 Å². The summed E-state index contributed by atoms with van der Waals surface area (Å²) in [6, 6.07) is 0.136. The van der Waals surface area contributed by atoms with Crippen LogP contribution in [0.25, 0.3) is 0 Å². The van der Waals surface area contributed by atoms with Gasteiger partial charge < -0.3 is 15.4 Å². The van der Waals surface area contributed by atoms with Gasteiger partial charge in [0.05, 0.1) is 18.2 Å². The van der Waals surface area contributed by atoms with Crippen LogP contribution in [0.3, 0.4) is 0 Å². The van der Waals surface area contributed by atoms with Crippen molar-refractivity contribution in [1.82, 2.24) is 10.6 Å². The lowest BCUT2D eigenvalue weighted by molar-refractivity contribution is -0.124. The number of amides is 1. The highest BCUT2D eigenvalue weighted by molar-refractivity contribution is 5.82. The molecular weight excluding hydrogens is 216 g/mol. The highest BCUT2D eigenvalue weighted by atomic mass is 16.5. The monoisotopic (exact) mass is 240 g/mol. The van der Waals surface area contributed by atoms with Gasteiger partial charge in [0.25, 0.3) is 0 Å². The normalized spacial score (nSPS) is 31.8. The van der Waals surface area contributed by atoms with E-state index in [4.69, 9.17) is 4.74 Å². The van der Waals surface area contributed by atoms with Gasteiger partial charge in [-0.25, -0.2) is 0 Å². The van der Waals surface area contributed by atoms with Crippen LogP contribution in [-0.2, 0) is 9.53 Å². The molecule has 0 aromatic rings. The van der Waals surface area contributed by atoms with E-state index in [2.05, 4.69) is 10.6 Å². The fourth-order valence-corrected chi connectivity index (χ4v) is 2.67. The second-order valence-corrected chi connectivity index (χ2v) is 5.20. The lowest BCUT2D eigenvalue weighted by Crippen LogP contribution is -2.49. The summed E-state index contributed by atoms with van der Waals surface area (Å²) in [6.45, 7) is 3.85. The van der Waals surface area contributed by atoms with Gasteiger partial charge in [-0.3, -0.25) is 4.79 Å². The summed E-state index contributed by atoms with van der Waals surface area (Å²) >= 11 is 0. The molecule has 0 bridgehead atoms. The van der Waals surface area contributed by atoms with Crippen molar-refractivity contribution in [2.75, 3.05) is 13.2 Å². The van der Waals surface area contributed by atoms with Crippen LogP contribution in [0.1, 0.15) is 45.4 Å². The van der Waals surface area contributed by atoms with Gasteiger partial charge in [0, 0.05) is 6.61 Å². The molecule has 2 fully saturated rings. The first-order chi connectivity index (χ1) is 8.27. The third-order valence-corrected chi connectivity index (χ3v) is 3.77. The van der Waals surface area contributed by atoms with E-state index in [1.807, 2.05) is 6.92 Å². The highest BCUT2D eigenvalue weighted by Gasteiger charge is 2.26. The molecule has 2 aliphatic rings. The zero-order valence-corrected chi connectivity index (χ0v) is 10.7. The molecule has 0 radical (unpaired) electrons. The van der Waals surface area contributed by atoms with Gasteiger partial charge in [-0.2, -0.15) is 0 Å². The zero-order chi connectivity index (χ0) is 12.1. The van der Waals surface area contributed by atoms with E-state index in [1.165, 1.54) is 12.8 Å². The quantitative estimate of drug-likeness (QED) is 0.779. The van der Waals surface area contributed by atoms with Gasteiger partial charge in [0.1, 0.15) is 0 Å². The van der Waals surface area contributed by atoms with Crippen LogP contribution < -0.4 is 10.6 Å². The van der Waals surface area contributed by atoms with E-state index in [-0.39, 0.29) is 24.1 Å². The van der Waals surface area contributed by atoms with E-state index < -0.39 is 0 Å². The van der Waals surface area contributed by atoms with E-state index in [0.29, 0.717) is 0 Å². The van der Waals surface area contributed by atoms with E-state index in [0.717, 1.165) is 38.8 Å². The molecule has 2 heterocycles. The number of carbonyl (C=O) groups is 1. The van der Waals surface area contributed by atoms with E-state index in [1.54, 1.807) is 0 Å². The summed E-state index contributed by atoms with van der Waals surface area (Å²) in [6.07, 6.45) is 6.93. The molecule has 2 aliphatic heterocycles. The van der Waals surface area contributed by atoms with Gasteiger partial charge in [0.15, 0.2) is 0 Å². The lowest BCUT2D eigenvalue weighted by Gasteiger charge is -2.23. The van der Waals surface area contributed by atoms with Gasteiger partial charge in [-0.05, 0) is 39.2 Å². The van der Waals surface area contributed by atoms with Crippen LogP contribution in [-0.4, -0.2) is 37.2 Å². The molecule has 0 aromatic carbocycles. The third-order valence-electron chi connectivity index (χ3n) is 3.77. The van der Waals surface area contributed by atoms with Crippen molar-refractivity contribution in [3.63, 3.8) is 0 Å². The summed E-state index contributed by atoms with van der Waals surface area (Å²) in [7, 11) is 0. The molecular formula is C13H24N2O2. The van der Waals surface area contributed by atoms with Crippen LogP contribution in [0.4, 0.5) is 0 Å². The van der Waals surface area contributed by atoms with Crippen molar-refractivity contribution in [2.45, 2.75) is 63.6 Å². The van der Waals surface area contributed by atoms with Crippen molar-refractivity contribution in [1.29, 1.82) is 0 Å². The number of carbonyl (C=O) groups excluding carboxylic acids is 1. The summed E-state index contributed by atoms with van der Waals surface area (Å²) in [4.78, 5) is 12.1. The Kier molecular flexibility index (Phi) is 4.80. The molecule has 2 rings (SSSR count). The Morgan fingerprint density at radius 3 is 2.94 bits per heavy atom. The molecule has 0 aliphatic carbocycles. The maximum absolute atomic E-state index is 12.1. The standard InChI is InChI=1S/C13H24N2O2/c1-10(12-7-5-9-17-12)15-13(16)11-6-3-2-4-8-14-11/h10-12,14H,2-9H2,1H3,(H,15,16). The maximum Gasteiger partial charge on any atom is 0.237 e. The molecule has 0 aromatic heterocycles. The van der Waals surface area contributed by atoms with Crippen LogP contribution in [0.2, 0.25) is 0 Å². The molecule has 0 saturated carbocycles. The Balaban J connectivity index is 1.78. The van der Waals surface area contributed by atoms with Gasteiger partial charge in [0.2, 0.25) is 5.91 Å². The molecule has 3 unspecified atom stereocenters. The minimum absolute atomic E-state index is 0.00125. The smallest absolute Gasteiger partial charge is 0.237 e. The first kappa shape index (κ1) is 12.8. The molecule has 2 saturated heterocycles. The maximum atomic E-state index is 12.1. The van der Waals surface area contributed by atoms with Crippen molar-refractivity contribution in [3.05, 3.63) is 0 Å². The predicted octanol–water partition coefficient (Wildman–Crippen LogP) is 1.20. The van der Waals surface area contributed by atoms with Gasteiger partial charge in [-0.1, -0.05) is 12.8 Å². The summed E-state index contributed by atoms with van der Waals surface area (Å²) in [5.74, 6) is 0.148. The van der Waals surface area contributed by atoms with Crippen molar-refractivity contribution >= 4 is 5.91 Å². The fourth-order valence-electron chi connectivity index (χ4n) is 2.67. The van der Waals surface area contributed by atoms with Crippen molar-refractivity contribution < 1.29 is 9.53 Å². The molecule has 1 amide bonds. The van der Waals surface area contributed by atoms with Crippen molar-refractivity contribution in [2.24, 2.45) is 0 Å². The second kappa shape index (κ2) is 6.36. The number of hydrogen-bond donors (Lipinski definition) is 2.